The van der Waals surface area contributed by atoms with Gasteiger partial charge in [-0.25, -0.2) is 0 Å². The van der Waals surface area contributed by atoms with E-state index in [0.29, 0.717) is 19.6 Å². The number of esters is 1. The summed E-state index contributed by atoms with van der Waals surface area (Å²) in [5.41, 5.74) is 0. The van der Waals surface area contributed by atoms with Gasteiger partial charge in [0.15, 0.2) is 0 Å². The molecule has 114 valence electrons. The van der Waals surface area contributed by atoms with Crippen molar-refractivity contribution in [2.24, 2.45) is 0 Å². The number of hydrogen-bond acceptors (Lipinski definition) is 5. The minimum absolute atomic E-state index is 0.0249. The lowest BCUT2D eigenvalue weighted by Gasteiger charge is -2.36. The summed E-state index contributed by atoms with van der Waals surface area (Å²) in [7, 11) is -2.21. The zero-order valence-corrected chi connectivity index (χ0v) is 13.2. The third-order valence-corrected chi connectivity index (χ3v) is 4.79. The van der Waals surface area contributed by atoms with Crippen molar-refractivity contribution in [1.29, 1.82) is 0 Å². The molecule has 0 radical (unpaired) electrons. The van der Waals surface area contributed by atoms with Crippen LogP contribution in [-0.2, 0) is 23.8 Å². The number of carbonyl (C=O) groups excluding carboxylic acids is 1. The monoisotopic (exact) mass is 296 g/mol. The summed E-state index contributed by atoms with van der Waals surface area (Å²) in [4.78, 5) is 10.8. The summed E-state index contributed by atoms with van der Waals surface area (Å²) in [6, 6.07) is 0. The van der Waals surface area contributed by atoms with E-state index in [1.165, 1.54) is 14.0 Å². The Labute approximate surface area is 116 Å². The Hall–Kier alpha value is -0.660. The Morgan fingerprint density at radius 1 is 1.16 bits per heavy atom. The molecule has 0 amide bonds. The van der Waals surface area contributed by atoms with Crippen LogP contribution in [0.1, 0.15) is 27.2 Å². The topological polar surface area (TPSA) is 69.7 Å². The van der Waals surface area contributed by atoms with E-state index in [-0.39, 0.29) is 11.7 Å². The molecule has 6 nitrogen and oxygen atoms in total. The number of rotatable bonds is 10. The summed E-state index contributed by atoms with van der Waals surface area (Å²) in [5.74, 6) is -0.260. The predicted molar refractivity (Wildman–Crippen MR) is 73.1 cm³/mol. The molecule has 0 saturated heterocycles. The van der Waals surface area contributed by atoms with Crippen molar-refractivity contribution in [2.45, 2.75) is 27.2 Å². The van der Waals surface area contributed by atoms with Crippen molar-refractivity contribution in [3.05, 3.63) is 0 Å². The third kappa shape index (κ3) is 7.49. The number of hydrogen-bond donors (Lipinski definition) is 0. The molecule has 0 N–H and O–H groups in total. The molecule has 0 bridgehead atoms. The Balaban J connectivity index is 4.33. The standard InChI is InChI=1S/C12H26NO5S/c1-5-13(6-2,9-10-18-12(3)14)8-7-11-19(15,16)17-4/h5-11H2,1-4H3/q+1. The smallest absolute Gasteiger partial charge is 0.302 e. The largest absolute Gasteiger partial charge is 0.460 e. The van der Waals surface area contributed by atoms with E-state index < -0.39 is 10.1 Å². The van der Waals surface area contributed by atoms with Crippen LogP contribution in [-0.4, -0.2) is 64.5 Å². The van der Waals surface area contributed by atoms with Gasteiger partial charge in [-0.05, 0) is 13.8 Å². The number of ether oxygens (including phenoxy) is 1. The summed E-state index contributed by atoms with van der Waals surface area (Å²) in [5, 5.41) is 0. The highest BCUT2D eigenvalue weighted by molar-refractivity contribution is 7.86. The van der Waals surface area contributed by atoms with Crippen LogP contribution in [0.2, 0.25) is 0 Å². The molecule has 7 heteroatoms. The molecule has 0 aromatic carbocycles. The Kier molecular flexibility index (Phi) is 8.20. The number of nitrogens with zero attached hydrogens (tertiary/aromatic N) is 1. The fourth-order valence-electron chi connectivity index (χ4n) is 2.01. The Morgan fingerprint density at radius 2 is 1.74 bits per heavy atom. The molecule has 19 heavy (non-hydrogen) atoms. The molecule has 0 saturated carbocycles. The first-order valence-electron chi connectivity index (χ1n) is 6.57. The fourth-order valence-corrected chi connectivity index (χ4v) is 2.66. The molecular weight excluding hydrogens is 270 g/mol. The average molecular weight is 296 g/mol. The first kappa shape index (κ1) is 18.3. The molecule has 0 spiro atoms. The first-order chi connectivity index (χ1) is 8.81. The minimum atomic E-state index is -3.39. The van der Waals surface area contributed by atoms with Gasteiger partial charge in [-0.3, -0.25) is 8.98 Å². The molecular formula is C12H26NO5S+. The highest BCUT2D eigenvalue weighted by Crippen LogP contribution is 2.09. The van der Waals surface area contributed by atoms with Crippen LogP contribution in [0.4, 0.5) is 0 Å². The van der Waals surface area contributed by atoms with E-state index in [4.69, 9.17) is 4.74 Å². The maximum absolute atomic E-state index is 11.3. The number of likely N-dealkylation sites (N-methyl/N-ethyl adjacent to an activating group) is 1. The van der Waals surface area contributed by atoms with E-state index in [1.54, 1.807) is 0 Å². The van der Waals surface area contributed by atoms with Crippen LogP contribution in [0.15, 0.2) is 0 Å². The Morgan fingerprint density at radius 3 is 2.16 bits per heavy atom. The summed E-state index contributed by atoms with van der Waals surface area (Å²) >= 11 is 0. The first-order valence-corrected chi connectivity index (χ1v) is 8.15. The lowest BCUT2D eigenvalue weighted by molar-refractivity contribution is -0.925. The van der Waals surface area contributed by atoms with Gasteiger partial charge in [0.25, 0.3) is 10.1 Å². The normalized spacial score (nSPS) is 12.4. The zero-order chi connectivity index (χ0) is 14.9. The molecule has 0 aromatic rings. The van der Waals surface area contributed by atoms with E-state index in [1.807, 2.05) is 0 Å². The zero-order valence-electron chi connectivity index (χ0n) is 12.3. The van der Waals surface area contributed by atoms with Gasteiger partial charge in [-0.2, -0.15) is 8.42 Å². The molecule has 0 aromatic heterocycles. The van der Waals surface area contributed by atoms with E-state index in [9.17, 15) is 13.2 Å². The minimum Gasteiger partial charge on any atom is -0.460 e. The van der Waals surface area contributed by atoms with Gasteiger partial charge < -0.3 is 9.22 Å². The lowest BCUT2D eigenvalue weighted by atomic mass is 10.3. The van der Waals surface area contributed by atoms with E-state index in [2.05, 4.69) is 18.0 Å². The molecule has 0 fully saturated rings. The molecule has 0 heterocycles. The third-order valence-electron chi connectivity index (χ3n) is 3.49. The predicted octanol–water partition coefficient (Wildman–Crippen LogP) is 0.772. The molecule has 0 unspecified atom stereocenters. The molecule has 0 rings (SSSR count). The van der Waals surface area contributed by atoms with Crippen molar-refractivity contribution >= 4 is 16.1 Å². The molecule has 0 aliphatic heterocycles. The van der Waals surface area contributed by atoms with Crippen LogP contribution < -0.4 is 0 Å². The van der Waals surface area contributed by atoms with Crippen molar-refractivity contribution < 1.29 is 26.6 Å². The van der Waals surface area contributed by atoms with Gasteiger partial charge in [0.1, 0.15) is 13.2 Å². The second-order valence-corrected chi connectivity index (χ2v) is 6.40. The summed E-state index contributed by atoms with van der Waals surface area (Å²) in [6.07, 6.45) is 0.540. The maximum Gasteiger partial charge on any atom is 0.302 e. The van der Waals surface area contributed by atoms with Crippen LogP contribution in [0.3, 0.4) is 0 Å². The SMILES string of the molecule is CC[N+](CC)(CCCS(=O)(=O)OC)CCOC(C)=O. The van der Waals surface area contributed by atoms with Gasteiger partial charge in [0.2, 0.25) is 0 Å². The van der Waals surface area contributed by atoms with Gasteiger partial charge in [0.05, 0.1) is 32.5 Å². The fraction of sp³-hybridized carbons (Fsp3) is 0.917. The van der Waals surface area contributed by atoms with Crippen LogP contribution in [0.25, 0.3) is 0 Å². The highest BCUT2D eigenvalue weighted by atomic mass is 32.2. The van der Waals surface area contributed by atoms with Crippen molar-refractivity contribution in [3.8, 4) is 0 Å². The second-order valence-electron chi connectivity index (χ2n) is 4.54. The molecule has 0 aliphatic carbocycles. The lowest BCUT2D eigenvalue weighted by Crippen LogP contribution is -2.51. The van der Waals surface area contributed by atoms with Gasteiger partial charge in [-0.1, -0.05) is 0 Å². The number of quaternary nitrogens is 1. The highest BCUT2D eigenvalue weighted by Gasteiger charge is 2.24. The van der Waals surface area contributed by atoms with Crippen LogP contribution in [0, 0.1) is 0 Å². The molecule has 0 aliphatic rings. The van der Waals surface area contributed by atoms with Crippen LogP contribution in [0.5, 0.6) is 0 Å². The average Bonchev–Trinajstić information content (AvgIpc) is 2.36. The van der Waals surface area contributed by atoms with Gasteiger partial charge in [0, 0.05) is 13.3 Å². The number of carbonyl (C=O) groups is 1. The molecule has 0 atom stereocenters. The van der Waals surface area contributed by atoms with E-state index >= 15 is 0 Å². The Bertz CT molecular complexity index is 362. The van der Waals surface area contributed by atoms with Crippen molar-refractivity contribution in [2.75, 3.05) is 45.6 Å². The van der Waals surface area contributed by atoms with E-state index in [0.717, 1.165) is 24.1 Å². The quantitative estimate of drug-likeness (QED) is 0.338. The summed E-state index contributed by atoms with van der Waals surface area (Å²) in [6.45, 7) is 9.07. The van der Waals surface area contributed by atoms with Crippen molar-refractivity contribution in [3.63, 3.8) is 0 Å². The second kappa shape index (κ2) is 8.50. The summed E-state index contributed by atoms with van der Waals surface area (Å²) < 4.78 is 32.7. The van der Waals surface area contributed by atoms with Crippen LogP contribution >= 0.6 is 0 Å². The van der Waals surface area contributed by atoms with Gasteiger partial charge >= 0.3 is 5.97 Å². The van der Waals surface area contributed by atoms with Crippen molar-refractivity contribution in [1.82, 2.24) is 0 Å². The maximum atomic E-state index is 11.3. The van der Waals surface area contributed by atoms with Gasteiger partial charge in [-0.15, -0.1) is 0 Å².